The van der Waals surface area contributed by atoms with Crippen LogP contribution in [0.4, 0.5) is 0 Å². The Morgan fingerprint density at radius 3 is 1.38 bits per heavy atom. The first kappa shape index (κ1) is 48.3. The fourth-order valence-corrected chi connectivity index (χ4v) is 5.93. The predicted molar refractivity (Wildman–Crippen MR) is 207 cm³/mol. The lowest BCUT2D eigenvalue weighted by Crippen LogP contribution is -2.29. The third-order valence-electron chi connectivity index (χ3n) is 8.63. The summed E-state index contributed by atoms with van der Waals surface area (Å²) in [5, 5.41) is 0. The molecular weight excluding hydrogens is 651 g/mol. The summed E-state index contributed by atoms with van der Waals surface area (Å²) in [6.45, 7) is 3.63. The lowest BCUT2D eigenvalue weighted by molar-refractivity contribution is -0.161. The first-order valence-corrected chi connectivity index (χ1v) is 21.8. The van der Waals surface area contributed by atoms with Gasteiger partial charge in [0.1, 0.15) is 6.61 Å². The number of allylic oxidation sites excluding steroid dienone is 6. The Labute approximate surface area is 306 Å². The molecule has 50 heavy (non-hydrogen) atoms. The van der Waals surface area contributed by atoms with Crippen molar-refractivity contribution in [2.24, 2.45) is 0 Å². The summed E-state index contributed by atoms with van der Waals surface area (Å²) in [6, 6.07) is 0. The van der Waals surface area contributed by atoms with Crippen molar-refractivity contribution < 1.29 is 37.9 Å². The first-order valence-electron chi connectivity index (χ1n) is 20.3. The molecule has 0 aliphatic rings. The summed E-state index contributed by atoms with van der Waals surface area (Å²) >= 11 is 0. The minimum Gasteiger partial charge on any atom is -0.462 e. The fraction of sp³-hybridized carbons (Fsp3) is 0.805. The van der Waals surface area contributed by atoms with Gasteiger partial charge in [0.15, 0.2) is 6.10 Å². The van der Waals surface area contributed by atoms with Gasteiger partial charge >= 0.3 is 19.8 Å². The van der Waals surface area contributed by atoms with Crippen LogP contribution in [0.15, 0.2) is 36.5 Å². The van der Waals surface area contributed by atoms with Crippen molar-refractivity contribution in [2.75, 3.05) is 13.2 Å². The molecule has 8 nitrogen and oxygen atoms in total. The van der Waals surface area contributed by atoms with Crippen molar-refractivity contribution in [3.63, 3.8) is 0 Å². The zero-order chi connectivity index (χ0) is 36.8. The second-order valence-electron chi connectivity index (χ2n) is 13.6. The van der Waals surface area contributed by atoms with Crippen LogP contribution in [0.5, 0.6) is 0 Å². The van der Waals surface area contributed by atoms with Crippen LogP contribution in [0.25, 0.3) is 0 Å². The molecule has 0 fully saturated rings. The van der Waals surface area contributed by atoms with Gasteiger partial charge in [-0.1, -0.05) is 147 Å². The molecule has 0 aromatic carbocycles. The van der Waals surface area contributed by atoms with Gasteiger partial charge in [0.25, 0.3) is 0 Å². The Hall–Kier alpha value is -1.73. The summed E-state index contributed by atoms with van der Waals surface area (Å²) in [7, 11) is -4.75. The van der Waals surface area contributed by atoms with E-state index in [1.165, 1.54) is 89.9 Å². The fourth-order valence-electron chi connectivity index (χ4n) is 5.57. The molecule has 0 aliphatic heterocycles. The Morgan fingerprint density at radius 1 is 0.520 bits per heavy atom. The molecule has 2 N–H and O–H groups in total. The molecule has 0 radical (unpaired) electrons. The highest BCUT2D eigenvalue weighted by Gasteiger charge is 2.22. The van der Waals surface area contributed by atoms with Crippen molar-refractivity contribution in [3.8, 4) is 0 Å². The van der Waals surface area contributed by atoms with Crippen LogP contribution in [0.1, 0.15) is 194 Å². The summed E-state index contributed by atoms with van der Waals surface area (Å²) < 4.78 is 26.3. The quantitative estimate of drug-likeness (QED) is 0.0281. The van der Waals surface area contributed by atoms with E-state index in [9.17, 15) is 14.2 Å². The maximum atomic E-state index is 12.4. The zero-order valence-corrected chi connectivity index (χ0v) is 32.9. The molecule has 0 aromatic rings. The Bertz CT molecular complexity index is 910. The predicted octanol–water partition coefficient (Wildman–Crippen LogP) is 12.2. The molecule has 0 aromatic heterocycles. The minimum absolute atomic E-state index is 0.206. The number of unbranched alkanes of at least 4 members (excludes halogenated alkanes) is 21. The highest BCUT2D eigenvalue weighted by Crippen LogP contribution is 2.36. The molecule has 9 heteroatoms. The topological polar surface area (TPSA) is 119 Å². The van der Waals surface area contributed by atoms with E-state index in [4.69, 9.17) is 19.3 Å². The van der Waals surface area contributed by atoms with E-state index in [0.29, 0.717) is 12.8 Å². The monoisotopic (exact) mass is 727 g/mol. The summed E-state index contributed by atoms with van der Waals surface area (Å²) in [4.78, 5) is 42.8. The van der Waals surface area contributed by atoms with E-state index in [0.717, 1.165) is 64.2 Å². The Kier molecular flexibility index (Phi) is 35.8. The normalized spacial score (nSPS) is 12.8. The number of hydrogen-bond acceptors (Lipinski definition) is 6. The summed E-state index contributed by atoms with van der Waals surface area (Å²) in [6.07, 6.45) is 42.9. The van der Waals surface area contributed by atoms with Crippen LogP contribution >= 0.6 is 7.82 Å². The van der Waals surface area contributed by atoms with Gasteiger partial charge in [-0.3, -0.25) is 14.1 Å². The molecule has 0 spiro atoms. The van der Waals surface area contributed by atoms with Gasteiger partial charge in [0, 0.05) is 12.8 Å². The maximum absolute atomic E-state index is 12.4. The number of phosphoric ester groups is 1. The van der Waals surface area contributed by atoms with Crippen molar-refractivity contribution in [1.29, 1.82) is 0 Å². The van der Waals surface area contributed by atoms with E-state index in [-0.39, 0.29) is 19.4 Å². The lowest BCUT2D eigenvalue weighted by atomic mass is 10.1. The van der Waals surface area contributed by atoms with E-state index in [2.05, 4.69) is 54.8 Å². The molecule has 0 amide bonds. The highest BCUT2D eigenvalue weighted by molar-refractivity contribution is 7.46. The molecule has 0 heterocycles. The maximum Gasteiger partial charge on any atom is 0.469 e. The molecular formula is C41H75O8P. The van der Waals surface area contributed by atoms with E-state index in [1.807, 2.05) is 0 Å². The standard InChI is InChI=1S/C41H75O8P/c1-3-5-7-9-11-13-15-17-18-19-20-21-22-24-26-28-30-32-34-36-41(43)49-39(38-48-50(44,45)46)37-47-40(42)35-33-31-29-27-25-23-16-14-12-10-8-6-4-2/h11,13-14,16-18,39H,3-10,12,15,19-38H2,1-2H3,(H2,44,45,46)/b13-11-,16-14-,18-17-. The Morgan fingerprint density at radius 2 is 0.900 bits per heavy atom. The molecule has 1 atom stereocenters. The second-order valence-corrected chi connectivity index (χ2v) is 14.8. The lowest BCUT2D eigenvalue weighted by Gasteiger charge is -2.18. The largest absolute Gasteiger partial charge is 0.469 e. The SMILES string of the molecule is CCCCC/C=C\C/C=C\CCCCCCCCCCCC(=O)OC(COC(=O)CCCCCCC/C=C\CCCCCC)COP(=O)(O)O. The number of esters is 2. The van der Waals surface area contributed by atoms with Crippen LogP contribution in [0, 0.1) is 0 Å². The van der Waals surface area contributed by atoms with Crippen molar-refractivity contribution in [3.05, 3.63) is 36.5 Å². The van der Waals surface area contributed by atoms with Crippen molar-refractivity contribution in [1.82, 2.24) is 0 Å². The number of hydrogen-bond donors (Lipinski definition) is 2. The van der Waals surface area contributed by atoms with E-state index < -0.39 is 32.5 Å². The number of rotatable bonds is 37. The van der Waals surface area contributed by atoms with Gasteiger partial charge in [-0.25, -0.2) is 4.57 Å². The third-order valence-corrected chi connectivity index (χ3v) is 9.12. The van der Waals surface area contributed by atoms with Gasteiger partial charge < -0.3 is 19.3 Å². The summed E-state index contributed by atoms with van der Waals surface area (Å²) in [5.41, 5.74) is 0. The van der Waals surface area contributed by atoms with Crippen LogP contribution in [0.3, 0.4) is 0 Å². The van der Waals surface area contributed by atoms with Gasteiger partial charge in [-0.2, -0.15) is 0 Å². The number of carbonyl (C=O) groups excluding carboxylic acids is 2. The molecule has 292 valence electrons. The average molecular weight is 727 g/mol. The van der Waals surface area contributed by atoms with Crippen LogP contribution < -0.4 is 0 Å². The second kappa shape index (κ2) is 37.0. The smallest absolute Gasteiger partial charge is 0.462 e. The molecule has 0 saturated heterocycles. The first-order chi connectivity index (χ1) is 24.3. The minimum atomic E-state index is -4.75. The van der Waals surface area contributed by atoms with E-state index in [1.54, 1.807) is 0 Å². The number of ether oxygens (including phenoxy) is 2. The molecule has 0 rings (SSSR count). The third kappa shape index (κ3) is 39.1. The van der Waals surface area contributed by atoms with Crippen LogP contribution in [-0.4, -0.2) is 41.0 Å². The van der Waals surface area contributed by atoms with E-state index >= 15 is 0 Å². The van der Waals surface area contributed by atoms with Crippen molar-refractivity contribution in [2.45, 2.75) is 200 Å². The molecule has 0 bridgehead atoms. The zero-order valence-electron chi connectivity index (χ0n) is 32.0. The molecule has 0 aliphatic carbocycles. The van der Waals surface area contributed by atoms with Crippen LogP contribution in [0.2, 0.25) is 0 Å². The van der Waals surface area contributed by atoms with Gasteiger partial charge in [0.2, 0.25) is 0 Å². The van der Waals surface area contributed by atoms with Crippen LogP contribution in [-0.2, 0) is 28.2 Å². The summed E-state index contributed by atoms with van der Waals surface area (Å²) in [5.74, 6) is -0.898. The van der Waals surface area contributed by atoms with Gasteiger partial charge in [0.05, 0.1) is 6.61 Å². The van der Waals surface area contributed by atoms with Gasteiger partial charge in [-0.05, 0) is 70.6 Å². The average Bonchev–Trinajstić information content (AvgIpc) is 3.08. The number of phosphoric acid groups is 1. The molecule has 1 unspecified atom stereocenters. The number of carbonyl (C=O) groups is 2. The molecule has 0 saturated carbocycles. The Balaban J connectivity index is 3.93. The van der Waals surface area contributed by atoms with Gasteiger partial charge in [-0.15, -0.1) is 0 Å². The van der Waals surface area contributed by atoms with Crippen molar-refractivity contribution >= 4 is 19.8 Å². The highest BCUT2D eigenvalue weighted by atomic mass is 31.2.